The predicted molar refractivity (Wildman–Crippen MR) is 169 cm³/mol. The summed E-state index contributed by atoms with van der Waals surface area (Å²) in [7, 11) is 0. The van der Waals surface area contributed by atoms with Crippen molar-refractivity contribution in [1.29, 1.82) is 0 Å². The number of para-hydroxylation sites is 3. The van der Waals surface area contributed by atoms with E-state index in [4.69, 9.17) is 4.99 Å². The van der Waals surface area contributed by atoms with Crippen molar-refractivity contribution < 1.29 is 0 Å². The summed E-state index contributed by atoms with van der Waals surface area (Å²) in [5.41, 5.74) is 7.35. The number of dihydropyridines is 1. The van der Waals surface area contributed by atoms with Gasteiger partial charge in [-0.05, 0) is 36.8 Å². The molecule has 184 valence electrons. The molecule has 0 aliphatic carbocycles. The zero-order valence-electron chi connectivity index (χ0n) is 21.1. The van der Waals surface area contributed by atoms with E-state index in [0.29, 0.717) is 0 Å². The van der Waals surface area contributed by atoms with Crippen molar-refractivity contribution in [3.05, 3.63) is 109 Å². The fourth-order valence-corrected chi connectivity index (χ4v) is 7.90. The third kappa shape index (κ3) is 2.79. The van der Waals surface area contributed by atoms with Crippen LogP contribution in [0, 0.1) is 0 Å². The molecule has 3 nitrogen and oxygen atoms in total. The largest absolute Gasteiger partial charge is 0.309 e. The minimum absolute atomic E-state index is 0.853. The lowest BCUT2D eigenvalue weighted by Gasteiger charge is -2.13. The maximum atomic E-state index is 4.70. The van der Waals surface area contributed by atoms with Gasteiger partial charge in [0.15, 0.2) is 0 Å². The van der Waals surface area contributed by atoms with Crippen molar-refractivity contribution >= 4 is 87.0 Å². The van der Waals surface area contributed by atoms with Crippen molar-refractivity contribution in [2.75, 3.05) is 6.54 Å². The fraction of sp³-hybridized carbons (Fsp3) is 0.0571. The number of aromatic nitrogens is 2. The van der Waals surface area contributed by atoms with Crippen LogP contribution in [0.4, 0.5) is 0 Å². The molecular formula is C35H23N3S. The summed E-state index contributed by atoms with van der Waals surface area (Å²) in [4.78, 5) is 4.70. The van der Waals surface area contributed by atoms with Crippen LogP contribution < -0.4 is 0 Å². The Hall–Kier alpha value is -4.67. The van der Waals surface area contributed by atoms with Gasteiger partial charge in [-0.2, -0.15) is 0 Å². The number of nitrogens with zero attached hydrogens (tertiary/aromatic N) is 3. The normalized spacial score (nSPS) is 14.0. The van der Waals surface area contributed by atoms with Crippen molar-refractivity contribution in [2.45, 2.75) is 6.42 Å². The fourth-order valence-electron chi connectivity index (χ4n) is 6.64. The molecule has 0 bridgehead atoms. The number of allylic oxidation sites excluding steroid dienone is 1. The van der Waals surface area contributed by atoms with E-state index in [2.05, 4.69) is 125 Å². The zero-order valence-corrected chi connectivity index (χ0v) is 22.0. The lowest BCUT2D eigenvalue weighted by atomic mass is 10.0. The Morgan fingerprint density at radius 1 is 0.590 bits per heavy atom. The number of benzene rings is 5. The van der Waals surface area contributed by atoms with Gasteiger partial charge in [0.25, 0.3) is 0 Å². The molecule has 0 saturated carbocycles. The minimum atomic E-state index is 0.853. The second-order valence-corrected chi connectivity index (χ2v) is 11.3. The molecule has 0 unspecified atom stereocenters. The quantitative estimate of drug-likeness (QED) is 0.218. The van der Waals surface area contributed by atoms with Crippen LogP contribution in [0.2, 0.25) is 0 Å². The summed E-state index contributed by atoms with van der Waals surface area (Å²) >= 11 is 1.91. The molecular weight excluding hydrogens is 494 g/mol. The third-order valence-corrected chi connectivity index (χ3v) is 9.33. The molecule has 3 aromatic heterocycles. The Bertz CT molecular complexity index is 2330. The molecule has 8 aromatic rings. The highest BCUT2D eigenvalue weighted by molar-refractivity contribution is 7.27. The van der Waals surface area contributed by atoms with Crippen LogP contribution >= 0.6 is 11.3 Å². The Morgan fingerprint density at radius 3 is 2.03 bits per heavy atom. The number of rotatable bonds is 2. The molecule has 1 aliphatic rings. The molecule has 0 spiro atoms. The Labute approximate surface area is 228 Å². The molecule has 0 radical (unpaired) electrons. The maximum Gasteiger partial charge on any atom is 0.0741 e. The van der Waals surface area contributed by atoms with Crippen LogP contribution in [-0.2, 0) is 0 Å². The first-order valence-corrected chi connectivity index (χ1v) is 14.3. The van der Waals surface area contributed by atoms with Gasteiger partial charge in [0.1, 0.15) is 0 Å². The molecule has 9 rings (SSSR count). The Balaban J connectivity index is 1.68. The molecule has 4 heteroatoms. The van der Waals surface area contributed by atoms with E-state index in [-0.39, 0.29) is 0 Å². The molecule has 0 saturated heterocycles. The zero-order chi connectivity index (χ0) is 25.5. The van der Waals surface area contributed by atoms with E-state index >= 15 is 0 Å². The third-order valence-electron chi connectivity index (χ3n) is 8.15. The van der Waals surface area contributed by atoms with Gasteiger partial charge in [-0.15, -0.1) is 11.3 Å². The van der Waals surface area contributed by atoms with E-state index in [1.54, 1.807) is 0 Å². The summed E-state index contributed by atoms with van der Waals surface area (Å²) < 4.78 is 7.61. The lowest BCUT2D eigenvalue weighted by Crippen LogP contribution is -2.02. The van der Waals surface area contributed by atoms with Gasteiger partial charge >= 0.3 is 0 Å². The van der Waals surface area contributed by atoms with Crippen LogP contribution in [0.3, 0.4) is 0 Å². The van der Waals surface area contributed by atoms with Crippen molar-refractivity contribution in [1.82, 2.24) is 9.13 Å². The molecule has 1 aliphatic heterocycles. The van der Waals surface area contributed by atoms with Crippen molar-refractivity contribution in [2.24, 2.45) is 4.99 Å². The monoisotopic (exact) mass is 517 g/mol. The maximum absolute atomic E-state index is 4.70. The van der Waals surface area contributed by atoms with Gasteiger partial charge < -0.3 is 9.13 Å². The van der Waals surface area contributed by atoms with Crippen molar-refractivity contribution in [3.8, 4) is 5.69 Å². The summed E-state index contributed by atoms with van der Waals surface area (Å²) in [6.07, 6.45) is 5.36. The molecule has 5 aromatic carbocycles. The van der Waals surface area contributed by atoms with Crippen molar-refractivity contribution in [3.63, 3.8) is 0 Å². The van der Waals surface area contributed by atoms with Gasteiger partial charge in [0.2, 0.25) is 0 Å². The van der Waals surface area contributed by atoms with E-state index in [0.717, 1.165) is 18.7 Å². The molecule has 0 fully saturated rings. The van der Waals surface area contributed by atoms with Gasteiger partial charge in [-0.25, -0.2) is 0 Å². The van der Waals surface area contributed by atoms with Crippen LogP contribution in [0.5, 0.6) is 0 Å². The molecule has 4 heterocycles. The Morgan fingerprint density at radius 2 is 1.26 bits per heavy atom. The predicted octanol–water partition coefficient (Wildman–Crippen LogP) is 9.57. The molecule has 39 heavy (non-hydrogen) atoms. The first kappa shape index (κ1) is 21.3. The van der Waals surface area contributed by atoms with E-state index in [1.807, 2.05) is 11.3 Å². The number of aliphatic imine (C=N–C) groups is 1. The molecule has 0 amide bonds. The van der Waals surface area contributed by atoms with Crippen LogP contribution in [0.15, 0.2) is 114 Å². The SMILES string of the molecule is C1=NCCC=C1n1c2ccccc2c2c1c1sc3ccccc3c1c1c3ccccc3n(-c3ccccc3)c12. The molecule has 0 N–H and O–H groups in total. The number of fused-ring (bicyclic) bond motifs is 12. The van der Waals surface area contributed by atoms with E-state index in [1.165, 1.54) is 69.5 Å². The Kier molecular flexibility index (Phi) is 4.32. The number of hydrogen-bond acceptors (Lipinski definition) is 2. The van der Waals surface area contributed by atoms with E-state index in [9.17, 15) is 0 Å². The smallest absolute Gasteiger partial charge is 0.0741 e. The van der Waals surface area contributed by atoms with Crippen LogP contribution in [0.1, 0.15) is 6.42 Å². The van der Waals surface area contributed by atoms with Gasteiger partial charge in [0.05, 0.1) is 32.5 Å². The van der Waals surface area contributed by atoms with Gasteiger partial charge in [-0.1, -0.05) is 78.9 Å². The van der Waals surface area contributed by atoms with Crippen LogP contribution in [-0.4, -0.2) is 21.9 Å². The highest BCUT2D eigenvalue weighted by Crippen LogP contribution is 2.50. The standard InChI is InChI=1S/C35H23N3S/c1-2-11-22(12-3-1)37-27-17-7-4-14-24(27)30-31-26-16-6-9-19-29(26)39-35(31)34-32(33(30)37)25-15-5-8-18-28(25)38(34)23-13-10-20-36-21-23/h1-9,11-19,21H,10,20H2. The number of thiophene rings is 1. The second-order valence-electron chi connectivity index (χ2n) is 10.2. The summed E-state index contributed by atoms with van der Waals surface area (Å²) in [6, 6.07) is 37.5. The highest BCUT2D eigenvalue weighted by atomic mass is 32.1. The van der Waals surface area contributed by atoms with E-state index < -0.39 is 0 Å². The summed E-state index contributed by atoms with van der Waals surface area (Å²) in [6.45, 7) is 0.853. The minimum Gasteiger partial charge on any atom is -0.309 e. The van der Waals surface area contributed by atoms with Gasteiger partial charge in [0, 0.05) is 55.5 Å². The summed E-state index contributed by atoms with van der Waals surface area (Å²) in [5, 5.41) is 7.88. The average Bonchev–Trinajstić information content (AvgIpc) is 3.66. The average molecular weight is 518 g/mol. The van der Waals surface area contributed by atoms with Gasteiger partial charge in [-0.3, -0.25) is 4.99 Å². The van der Waals surface area contributed by atoms with Crippen LogP contribution in [0.25, 0.3) is 75.2 Å². The second kappa shape index (κ2) is 7.92. The first-order chi connectivity index (χ1) is 19.4. The molecule has 0 atom stereocenters. The highest BCUT2D eigenvalue weighted by Gasteiger charge is 2.26. The summed E-state index contributed by atoms with van der Waals surface area (Å²) in [5.74, 6) is 0. The topological polar surface area (TPSA) is 22.2 Å². The first-order valence-electron chi connectivity index (χ1n) is 13.5. The lowest BCUT2D eigenvalue weighted by molar-refractivity contribution is 0.992. The number of hydrogen-bond donors (Lipinski definition) is 0.